The van der Waals surface area contributed by atoms with E-state index in [0.717, 1.165) is 12.1 Å². The summed E-state index contributed by atoms with van der Waals surface area (Å²) < 4.78 is 40.1. The molecule has 5 nitrogen and oxygen atoms in total. The SMILES string of the molecule is Cc1cnc(Cl)c(NS(=O)(=O)c2ccc(N)cc2F)c1. The van der Waals surface area contributed by atoms with Crippen LogP contribution >= 0.6 is 11.6 Å². The molecule has 0 radical (unpaired) electrons. The smallest absolute Gasteiger partial charge is 0.264 e. The van der Waals surface area contributed by atoms with Crippen molar-refractivity contribution in [2.45, 2.75) is 11.8 Å². The van der Waals surface area contributed by atoms with Crippen LogP contribution in [0.5, 0.6) is 0 Å². The van der Waals surface area contributed by atoms with Crippen LogP contribution in [0.4, 0.5) is 15.8 Å². The molecule has 106 valence electrons. The fourth-order valence-electron chi connectivity index (χ4n) is 1.56. The summed E-state index contributed by atoms with van der Waals surface area (Å²) in [5.41, 5.74) is 6.32. The van der Waals surface area contributed by atoms with E-state index in [1.807, 2.05) is 0 Å². The second-order valence-corrected chi connectivity index (χ2v) is 6.16. The monoisotopic (exact) mass is 315 g/mol. The van der Waals surface area contributed by atoms with E-state index < -0.39 is 20.7 Å². The summed E-state index contributed by atoms with van der Waals surface area (Å²) in [6, 6.07) is 4.82. The molecule has 0 amide bonds. The first kappa shape index (κ1) is 14.5. The average Bonchev–Trinajstić information content (AvgIpc) is 2.33. The minimum atomic E-state index is -4.11. The lowest BCUT2D eigenvalue weighted by Gasteiger charge is -2.10. The molecule has 20 heavy (non-hydrogen) atoms. The van der Waals surface area contributed by atoms with Gasteiger partial charge in [0.25, 0.3) is 10.0 Å². The second-order valence-electron chi connectivity index (χ2n) is 4.15. The molecule has 3 N–H and O–H groups in total. The molecule has 0 aliphatic carbocycles. The van der Waals surface area contributed by atoms with E-state index in [-0.39, 0.29) is 16.5 Å². The second kappa shape index (κ2) is 5.26. The number of nitrogen functional groups attached to an aromatic ring is 1. The quantitative estimate of drug-likeness (QED) is 0.673. The summed E-state index contributed by atoms with van der Waals surface area (Å²) >= 11 is 5.80. The van der Waals surface area contributed by atoms with Crippen molar-refractivity contribution in [1.29, 1.82) is 0 Å². The molecule has 2 aromatic rings. The molecule has 0 saturated heterocycles. The van der Waals surface area contributed by atoms with Gasteiger partial charge in [-0.3, -0.25) is 4.72 Å². The molecule has 0 bridgehead atoms. The Labute approximate surface area is 120 Å². The molecule has 0 aliphatic heterocycles. The third-order valence-corrected chi connectivity index (χ3v) is 4.17. The number of nitrogens with zero attached hydrogens (tertiary/aromatic N) is 1. The highest BCUT2D eigenvalue weighted by Gasteiger charge is 2.20. The van der Waals surface area contributed by atoms with Crippen LogP contribution in [-0.2, 0) is 10.0 Å². The van der Waals surface area contributed by atoms with Crippen molar-refractivity contribution >= 4 is 33.0 Å². The number of benzene rings is 1. The van der Waals surface area contributed by atoms with Crippen molar-refractivity contribution in [2.24, 2.45) is 0 Å². The minimum Gasteiger partial charge on any atom is -0.399 e. The molecule has 0 atom stereocenters. The number of halogens is 2. The van der Waals surface area contributed by atoms with Gasteiger partial charge in [0.15, 0.2) is 5.15 Å². The fourth-order valence-corrected chi connectivity index (χ4v) is 2.88. The summed E-state index contributed by atoms with van der Waals surface area (Å²) in [6.45, 7) is 1.73. The molecule has 1 heterocycles. The molecule has 8 heteroatoms. The van der Waals surface area contributed by atoms with Crippen molar-refractivity contribution < 1.29 is 12.8 Å². The van der Waals surface area contributed by atoms with Crippen LogP contribution in [0.15, 0.2) is 35.4 Å². The maximum atomic E-state index is 13.7. The maximum Gasteiger partial charge on any atom is 0.264 e. The van der Waals surface area contributed by atoms with Crippen molar-refractivity contribution in [2.75, 3.05) is 10.5 Å². The summed E-state index contributed by atoms with van der Waals surface area (Å²) in [5, 5.41) is -0.0185. The third-order valence-electron chi connectivity index (χ3n) is 2.47. The van der Waals surface area contributed by atoms with Gasteiger partial charge in [-0.05, 0) is 36.8 Å². The van der Waals surface area contributed by atoms with Crippen LogP contribution in [0, 0.1) is 12.7 Å². The van der Waals surface area contributed by atoms with Gasteiger partial charge in [-0.15, -0.1) is 0 Å². The van der Waals surface area contributed by atoms with Gasteiger partial charge < -0.3 is 5.73 Å². The zero-order chi connectivity index (χ0) is 14.9. The maximum absolute atomic E-state index is 13.7. The normalized spacial score (nSPS) is 11.3. The summed E-state index contributed by atoms with van der Waals surface area (Å²) in [7, 11) is -4.11. The predicted octanol–water partition coefficient (Wildman–Crippen LogP) is 2.57. The largest absolute Gasteiger partial charge is 0.399 e. The Hall–Kier alpha value is -1.86. The first-order chi connectivity index (χ1) is 9.29. The van der Waals surface area contributed by atoms with Gasteiger partial charge in [-0.1, -0.05) is 11.6 Å². The van der Waals surface area contributed by atoms with Crippen molar-refractivity contribution in [3.63, 3.8) is 0 Å². The lowest BCUT2D eigenvalue weighted by atomic mass is 10.3. The summed E-state index contributed by atoms with van der Waals surface area (Å²) in [5.74, 6) is -0.936. The number of sulfonamides is 1. The van der Waals surface area contributed by atoms with E-state index in [0.29, 0.717) is 5.56 Å². The highest BCUT2D eigenvalue weighted by atomic mass is 35.5. The van der Waals surface area contributed by atoms with Crippen LogP contribution in [-0.4, -0.2) is 13.4 Å². The molecule has 0 fully saturated rings. The Kier molecular flexibility index (Phi) is 3.82. The Morgan fingerprint density at radius 2 is 2.05 bits per heavy atom. The van der Waals surface area contributed by atoms with Crippen LogP contribution < -0.4 is 10.5 Å². The minimum absolute atomic E-state index is 0.0185. The van der Waals surface area contributed by atoms with Crippen LogP contribution in [0.25, 0.3) is 0 Å². The molecular formula is C12H11ClFN3O2S. The molecule has 0 unspecified atom stereocenters. The molecule has 0 spiro atoms. The molecule has 0 saturated carbocycles. The Morgan fingerprint density at radius 1 is 1.35 bits per heavy atom. The Morgan fingerprint density at radius 3 is 2.70 bits per heavy atom. The van der Waals surface area contributed by atoms with E-state index in [4.69, 9.17) is 17.3 Å². The van der Waals surface area contributed by atoms with Crippen molar-refractivity contribution in [1.82, 2.24) is 4.98 Å². The number of rotatable bonds is 3. The Balaban J connectivity index is 2.43. The van der Waals surface area contributed by atoms with Gasteiger partial charge >= 0.3 is 0 Å². The lowest BCUT2D eigenvalue weighted by Crippen LogP contribution is -2.15. The first-order valence-corrected chi connectivity index (χ1v) is 7.36. The molecule has 1 aromatic heterocycles. The van der Waals surface area contributed by atoms with E-state index >= 15 is 0 Å². The molecule has 1 aromatic carbocycles. The fraction of sp³-hybridized carbons (Fsp3) is 0.0833. The van der Waals surface area contributed by atoms with Gasteiger partial charge in [0.2, 0.25) is 0 Å². The standard InChI is InChI=1S/C12H11ClFN3O2S/c1-7-4-10(12(13)16-6-7)17-20(18,19)11-3-2-8(15)5-9(11)14/h2-6,17H,15H2,1H3. The van der Waals surface area contributed by atoms with Crippen molar-refractivity contribution in [3.8, 4) is 0 Å². The van der Waals surface area contributed by atoms with Crippen molar-refractivity contribution in [3.05, 3.63) is 47.0 Å². The topological polar surface area (TPSA) is 85.1 Å². The van der Waals surface area contributed by atoms with Gasteiger partial charge in [-0.2, -0.15) is 0 Å². The first-order valence-electron chi connectivity index (χ1n) is 5.49. The molecular weight excluding hydrogens is 305 g/mol. The van der Waals surface area contributed by atoms with Crippen LogP contribution in [0.1, 0.15) is 5.56 Å². The summed E-state index contributed by atoms with van der Waals surface area (Å²) in [4.78, 5) is 3.31. The van der Waals surface area contributed by atoms with Crippen LogP contribution in [0.2, 0.25) is 5.15 Å². The van der Waals surface area contributed by atoms with Gasteiger partial charge in [-0.25, -0.2) is 17.8 Å². The number of aromatic nitrogens is 1. The third kappa shape index (κ3) is 3.00. The number of aryl methyl sites for hydroxylation is 1. The van der Waals surface area contributed by atoms with Crippen LogP contribution in [0.3, 0.4) is 0 Å². The lowest BCUT2D eigenvalue weighted by molar-refractivity contribution is 0.571. The highest BCUT2D eigenvalue weighted by Crippen LogP contribution is 2.25. The number of anilines is 2. The summed E-state index contributed by atoms with van der Waals surface area (Å²) in [6.07, 6.45) is 1.49. The Bertz CT molecular complexity index is 765. The molecule has 0 aliphatic rings. The number of nitrogens with one attached hydrogen (secondary N) is 1. The zero-order valence-electron chi connectivity index (χ0n) is 10.4. The van der Waals surface area contributed by atoms with E-state index in [1.54, 1.807) is 6.92 Å². The van der Waals surface area contributed by atoms with Gasteiger partial charge in [0.05, 0.1) is 5.69 Å². The van der Waals surface area contributed by atoms with Gasteiger partial charge in [0, 0.05) is 11.9 Å². The van der Waals surface area contributed by atoms with Gasteiger partial charge in [0.1, 0.15) is 10.7 Å². The molecule has 2 rings (SSSR count). The number of pyridine rings is 1. The highest BCUT2D eigenvalue weighted by molar-refractivity contribution is 7.92. The van der Waals surface area contributed by atoms with E-state index in [1.165, 1.54) is 18.3 Å². The zero-order valence-corrected chi connectivity index (χ0v) is 12.0. The predicted molar refractivity (Wildman–Crippen MR) is 75.6 cm³/mol. The number of hydrogen-bond acceptors (Lipinski definition) is 4. The number of nitrogens with two attached hydrogens (primary N) is 1. The average molecular weight is 316 g/mol. The number of hydrogen-bond donors (Lipinski definition) is 2. The van der Waals surface area contributed by atoms with E-state index in [2.05, 4.69) is 9.71 Å². The van der Waals surface area contributed by atoms with E-state index in [9.17, 15) is 12.8 Å².